The van der Waals surface area contributed by atoms with E-state index < -0.39 is 15.4 Å². The van der Waals surface area contributed by atoms with Crippen LogP contribution in [0, 0.1) is 6.92 Å². The smallest absolute Gasteiger partial charge is 0.410 e. The largest absolute Gasteiger partial charge is 0.444 e. The molecule has 208 valence electrons. The third-order valence-corrected chi connectivity index (χ3v) is 7.83. The lowest BCUT2D eigenvalue weighted by Crippen LogP contribution is -2.35. The quantitative estimate of drug-likeness (QED) is 0.315. The Morgan fingerprint density at radius 3 is 2.45 bits per heavy atom. The number of aromatic nitrogens is 4. The van der Waals surface area contributed by atoms with Gasteiger partial charge in [0.15, 0.2) is 9.84 Å². The minimum atomic E-state index is -3.29. The highest BCUT2D eigenvalue weighted by molar-refractivity contribution is 7.90. The van der Waals surface area contributed by atoms with Crippen molar-refractivity contribution in [3.8, 4) is 33.8 Å². The lowest BCUT2D eigenvalue weighted by atomic mass is 10.0. The summed E-state index contributed by atoms with van der Waals surface area (Å²) in [6.45, 7) is 8.63. The summed E-state index contributed by atoms with van der Waals surface area (Å²) in [5, 5.41) is 4.98. The van der Waals surface area contributed by atoms with Crippen molar-refractivity contribution in [3.63, 3.8) is 0 Å². The Balaban J connectivity index is 1.50. The lowest BCUT2D eigenvalue weighted by molar-refractivity contribution is 0.0288. The molecule has 4 heterocycles. The van der Waals surface area contributed by atoms with Gasteiger partial charge in [0.05, 0.1) is 22.3 Å². The number of amides is 1. The minimum absolute atomic E-state index is 0.00493. The van der Waals surface area contributed by atoms with Crippen LogP contribution in [0.3, 0.4) is 0 Å². The number of rotatable bonds is 5. The number of nitrogens with zero attached hydrogens (tertiary/aromatic N) is 5. The third-order valence-electron chi connectivity index (χ3n) is 6.70. The van der Waals surface area contributed by atoms with Gasteiger partial charge in [-0.2, -0.15) is 5.10 Å². The topological polar surface area (TPSA) is 107 Å². The molecule has 0 saturated carbocycles. The first-order valence-electron chi connectivity index (χ1n) is 13.2. The second kappa shape index (κ2) is 10.5. The number of carbonyl (C=O) groups is 1. The number of aryl methyl sites for hydroxylation is 1. The van der Waals surface area contributed by atoms with Crippen molar-refractivity contribution in [1.82, 2.24) is 24.6 Å². The van der Waals surface area contributed by atoms with Crippen LogP contribution in [-0.4, -0.2) is 64.1 Å². The van der Waals surface area contributed by atoms with Crippen LogP contribution >= 0.6 is 0 Å². The molecular formula is C30H33N5O4S. The van der Waals surface area contributed by atoms with E-state index in [2.05, 4.69) is 4.98 Å². The van der Waals surface area contributed by atoms with E-state index in [-0.39, 0.29) is 17.0 Å². The van der Waals surface area contributed by atoms with E-state index in [1.165, 1.54) is 6.26 Å². The van der Waals surface area contributed by atoms with Crippen molar-refractivity contribution in [3.05, 3.63) is 72.7 Å². The van der Waals surface area contributed by atoms with Gasteiger partial charge in [0.1, 0.15) is 11.3 Å². The van der Waals surface area contributed by atoms with Crippen molar-refractivity contribution < 1.29 is 17.9 Å². The summed E-state index contributed by atoms with van der Waals surface area (Å²) in [4.78, 5) is 23.9. The second-order valence-electron chi connectivity index (χ2n) is 11.1. The minimum Gasteiger partial charge on any atom is -0.444 e. The molecule has 0 N–H and O–H groups in total. The van der Waals surface area contributed by atoms with Gasteiger partial charge in [-0.25, -0.2) is 13.2 Å². The molecule has 1 saturated heterocycles. The standard InChI is InChI=1S/C30H33N5O4S/c1-20-7-6-8-26(32-20)28-25(19-35(33-28)23-14-16-34(18-23)29(36)39-30(2,3)4)22-13-15-31-27(17-22)21-9-11-24(12-10-21)40(5,37)38/h6-13,15,17,19,23H,14,16,18H2,1-5H3/t23-/m1/s1. The number of hydrogen-bond acceptors (Lipinski definition) is 7. The summed E-state index contributed by atoms with van der Waals surface area (Å²) in [5.41, 5.74) is 5.15. The molecule has 3 aromatic heterocycles. The fourth-order valence-corrected chi connectivity index (χ4v) is 5.36. The van der Waals surface area contributed by atoms with E-state index in [1.54, 1.807) is 35.4 Å². The number of ether oxygens (including phenoxy) is 1. The van der Waals surface area contributed by atoms with Gasteiger partial charge in [0.2, 0.25) is 0 Å². The zero-order valence-electron chi connectivity index (χ0n) is 23.3. The van der Waals surface area contributed by atoms with Crippen molar-refractivity contribution >= 4 is 15.9 Å². The van der Waals surface area contributed by atoms with Crippen LogP contribution in [0.1, 0.15) is 38.9 Å². The van der Waals surface area contributed by atoms with Crippen LogP contribution in [0.25, 0.3) is 33.8 Å². The number of benzene rings is 1. The molecule has 5 rings (SSSR count). The Morgan fingerprint density at radius 2 is 1.77 bits per heavy atom. The van der Waals surface area contributed by atoms with Crippen molar-refractivity contribution in [1.29, 1.82) is 0 Å². The summed E-state index contributed by atoms with van der Waals surface area (Å²) < 4.78 is 31.3. The van der Waals surface area contributed by atoms with Gasteiger partial charge in [-0.3, -0.25) is 14.6 Å². The van der Waals surface area contributed by atoms with Crippen LogP contribution in [0.15, 0.2) is 71.9 Å². The molecule has 4 aromatic rings. The highest BCUT2D eigenvalue weighted by Crippen LogP contribution is 2.34. The molecule has 1 amide bonds. The fraction of sp³-hybridized carbons (Fsp3) is 0.333. The maximum absolute atomic E-state index is 12.7. The number of carbonyl (C=O) groups excluding carboxylic acids is 1. The fourth-order valence-electron chi connectivity index (χ4n) is 4.73. The van der Waals surface area contributed by atoms with Gasteiger partial charge in [-0.05, 0) is 76.1 Å². The molecule has 10 heteroatoms. The molecule has 1 fully saturated rings. The van der Waals surface area contributed by atoms with Crippen LogP contribution in [0.5, 0.6) is 0 Å². The molecule has 9 nitrogen and oxygen atoms in total. The molecule has 1 aromatic carbocycles. The summed E-state index contributed by atoms with van der Waals surface area (Å²) in [6, 6.07) is 16.4. The number of sulfone groups is 1. The van der Waals surface area contributed by atoms with Gasteiger partial charge in [-0.1, -0.05) is 18.2 Å². The summed E-state index contributed by atoms with van der Waals surface area (Å²) >= 11 is 0. The Bertz CT molecular complexity index is 1660. The van der Waals surface area contributed by atoms with Crippen LogP contribution in [0.2, 0.25) is 0 Å². The molecule has 0 spiro atoms. The Kier molecular flexibility index (Phi) is 7.22. The van der Waals surface area contributed by atoms with Gasteiger partial charge < -0.3 is 9.64 Å². The molecule has 40 heavy (non-hydrogen) atoms. The predicted octanol–water partition coefficient (Wildman–Crippen LogP) is 5.57. The van der Waals surface area contributed by atoms with E-state index >= 15 is 0 Å². The SMILES string of the molecule is Cc1cccc(-c2nn([C@@H]3CCN(C(=O)OC(C)(C)C)C3)cc2-c2ccnc(-c3ccc(S(C)(=O)=O)cc3)c2)n1. The van der Waals surface area contributed by atoms with Crippen LogP contribution in [-0.2, 0) is 14.6 Å². The van der Waals surface area contributed by atoms with Crippen LogP contribution in [0.4, 0.5) is 4.79 Å². The van der Waals surface area contributed by atoms with Gasteiger partial charge in [0.25, 0.3) is 0 Å². The first-order chi connectivity index (χ1) is 18.9. The van der Waals surface area contributed by atoms with Gasteiger partial charge >= 0.3 is 6.09 Å². The monoisotopic (exact) mass is 559 g/mol. The van der Waals surface area contributed by atoms with E-state index in [0.29, 0.717) is 18.8 Å². The Labute approximate surface area is 234 Å². The molecule has 1 atom stereocenters. The summed E-state index contributed by atoms with van der Waals surface area (Å²) in [6.07, 6.45) is 5.38. The van der Waals surface area contributed by atoms with E-state index in [1.807, 2.05) is 68.9 Å². The number of pyridine rings is 2. The molecule has 0 radical (unpaired) electrons. The predicted molar refractivity (Wildman–Crippen MR) is 153 cm³/mol. The molecular weight excluding hydrogens is 526 g/mol. The summed E-state index contributed by atoms with van der Waals surface area (Å²) in [5.74, 6) is 0. The molecule has 0 unspecified atom stereocenters. The zero-order chi connectivity index (χ0) is 28.7. The first kappa shape index (κ1) is 27.5. The van der Waals surface area contributed by atoms with E-state index in [9.17, 15) is 13.2 Å². The summed E-state index contributed by atoms with van der Waals surface area (Å²) in [7, 11) is -3.29. The van der Waals surface area contributed by atoms with Crippen LogP contribution < -0.4 is 0 Å². The average Bonchev–Trinajstić information content (AvgIpc) is 3.56. The van der Waals surface area contributed by atoms with Crippen molar-refractivity contribution in [2.75, 3.05) is 19.3 Å². The Morgan fingerprint density at radius 1 is 1.02 bits per heavy atom. The normalized spacial score (nSPS) is 15.8. The van der Waals surface area contributed by atoms with E-state index in [0.717, 1.165) is 40.2 Å². The molecule has 1 aliphatic rings. The molecule has 1 aliphatic heterocycles. The average molecular weight is 560 g/mol. The van der Waals surface area contributed by atoms with E-state index in [4.69, 9.17) is 14.8 Å². The Hall–Kier alpha value is -4.05. The second-order valence-corrected chi connectivity index (χ2v) is 13.1. The highest BCUT2D eigenvalue weighted by atomic mass is 32.2. The third kappa shape index (κ3) is 6.07. The van der Waals surface area contributed by atoms with Gasteiger partial charge in [0, 0.05) is 48.6 Å². The molecule has 0 aliphatic carbocycles. The maximum Gasteiger partial charge on any atom is 0.410 e. The highest BCUT2D eigenvalue weighted by Gasteiger charge is 2.32. The van der Waals surface area contributed by atoms with Crippen molar-refractivity contribution in [2.24, 2.45) is 0 Å². The maximum atomic E-state index is 12.7. The zero-order valence-corrected chi connectivity index (χ0v) is 24.1. The first-order valence-corrected chi connectivity index (χ1v) is 15.0. The number of likely N-dealkylation sites (tertiary alicyclic amines) is 1. The van der Waals surface area contributed by atoms with Gasteiger partial charge in [-0.15, -0.1) is 0 Å². The lowest BCUT2D eigenvalue weighted by Gasteiger charge is -2.24. The number of hydrogen-bond donors (Lipinski definition) is 0. The molecule has 0 bridgehead atoms. The van der Waals surface area contributed by atoms with Crippen molar-refractivity contribution in [2.45, 2.75) is 50.7 Å².